The Balaban J connectivity index is 1.59. The van der Waals surface area contributed by atoms with E-state index in [-0.39, 0.29) is 11.3 Å². The van der Waals surface area contributed by atoms with Crippen molar-refractivity contribution in [1.29, 1.82) is 5.26 Å². The maximum Gasteiger partial charge on any atom is 0.283 e. The van der Waals surface area contributed by atoms with Crippen molar-refractivity contribution in [2.45, 2.75) is 30.0 Å². The van der Waals surface area contributed by atoms with Crippen molar-refractivity contribution in [1.82, 2.24) is 4.98 Å². The highest BCUT2D eigenvalue weighted by molar-refractivity contribution is 8.01. The van der Waals surface area contributed by atoms with Gasteiger partial charge >= 0.3 is 0 Å². The van der Waals surface area contributed by atoms with Crippen LogP contribution < -0.4 is 10.1 Å². The van der Waals surface area contributed by atoms with Gasteiger partial charge in [0, 0.05) is 11.8 Å². The fourth-order valence-corrected chi connectivity index (χ4v) is 5.83. The standard InChI is InChI=1S/C27H22N4O4S2/c1-4-35-21-6-7-22-25(14-21)37-27(30-22)36-24-8-5-18(13-23(24)31(33)34)12-19(15-28)26(32)29-20-10-16(2)9-17(3)11-20/h5-14H,4H2,1-3H3,(H,29,32)/b19-12+. The van der Waals surface area contributed by atoms with Crippen LogP contribution in [-0.4, -0.2) is 22.4 Å². The van der Waals surface area contributed by atoms with Crippen LogP contribution in [0.5, 0.6) is 5.75 Å². The molecular formula is C27H22N4O4S2. The minimum Gasteiger partial charge on any atom is -0.494 e. The average Bonchev–Trinajstić information content (AvgIpc) is 3.24. The van der Waals surface area contributed by atoms with Gasteiger partial charge in [-0.15, -0.1) is 11.3 Å². The summed E-state index contributed by atoms with van der Waals surface area (Å²) in [5, 5.41) is 24.1. The van der Waals surface area contributed by atoms with E-state index in [1.54, 1.807) is 24.3 Å². The largest absolute Gasteiger partial charge is 0.494 e. The lowest BCUT2D eigenvalue weighted by Gasteiger charge is -2.07. The summed E-state index contributed by atoms with van der Waals surface area (Å²) in [6, 6.07) is 17.6. The van der Waals surface area contributed by atoms with Gasteiger partial charge in [-0.2, -0.15) is 5.26 Å². The van der Waals surface area contributed by atoms with Crippen LogP contribution in [0.15, 0.2) is 69.4 Å². The lowest BCUT2D eigenvalue weighted by atomic mass is 10.1. The molecule has 0 radical (unpaired) electrons. The molecule has 4 aromatic rings. The second-order valence-electron chi connectivity index (χ2n) is 8.13. The molecule has 0 saturated carbocycles. The first kappa shape index (κ1) is 25.9. The molecule has 186 valence electrons. The van der Waals surface area contributed by atoms with E-state index in [1.165, 1.54) is 35.2 Å². The van der Waals surface area contributed by atoms with E-state index >= 15 is 0 Å². The van der Waals surface area contributed by atoms with Crippen LogP contribution >= 0.6 is 23.1 Å². The first-order valence-electron chi connectivity index (χ1n) is 11.3. The number of nitrogens with one attached hydrogen (secondary N) is 1. The number of ether oxygens (including phenoxy) is 1. The number of fused-ring (bicyclic) bond motifs is 1. The van der Waals surface area contributed by atoms with Gasteiger partial charge in [0.05, 0.1) is 26.6 Å². The maximum atomic E-state index is 12.7. The van der Waals surface area contributed by atoms with E-state index in [4.69, 9.17) is 4.74 Å². The van der Waals surface area contributed by atoms with Gasteiger partial charge in [-0.1, -0.05) is 23.9 Å². The van der Waals surface area contributed by atoms with E-state index in [0.717, 1.165) is 27.1 Å². The van der Waals surface area contributed by atoms with Crippen molar-refractivity contribution in [2.75, 3.05) is 11.9 Å². The van der Waals surface area contributed by atoms with Crippen LogP contribution in [0.2, 0.25) is 0 Å². The predicted molar refractivity (Wildman–Crippen MR) is 146 cm³/mol. The Bertz CT molecular complexity index is 1570. The molecule has 0 aliphatic carbocycles. The summed E-state index contributed by atoms with van der Waals surface area (Å²) in [6.07, 6.45) is 1.34. The van der Waals surface area contributed by atoms with Crippen molar-refractivity contribution >= 4 is 56.7 Å². The molecule has 1 amide bonds. The van der Waals surface area contributed by atoms with Crippen LogP contribution in [0.25, 0.3) is 16.3 Å². The Morgan fingerprint density at radius 2 is 1.95 bits per heavy atom. The summed E-state index contributed by atoms with van der Waals surface area (Å²) in [5.74, 6) is 0.154. The number of nitrogens with zero attached hydrogens (tertiary/aromatic N) is 3. The quantitative estimate of drug-likeness (QED) is 0.114. The minimum absolute atomic E-state index is 0.139. The molecule has 0 unspecified atom stereocenters. The summed E-state index contributed by atoms with van der Waals surface area (Å²) >= 11 is 2.61. The molecule has 37 heavy (non-hydrogen) atoms. The second-order valence-corrected chi connectivity index (χ2v) is 10.4. The second kappa shape index (κ2) is 11.2. The van der Waals surface area contributed by atoms with Crippen molar-refractivity contribution in [3.8, 4) is 11.8 Å². The highest BCUT2D eigenvalue weighted by atomic mass is 32.2. The Hall–Kier alpha value is -4.20. The molecule has 1 N–H and O–H groups in total. The topological polar surface area (TPSA) is 118 Å². The molecule has 0 spiro atoms. The Labute approximate surface area is 221 Å². The summed E-state index contributed by atoms with van der Waals surface area (Å²) in [6.45, 7) is 6.29. The number of nitriles is 1. The Kier molecular flexibility index (Phi) is 7.86. The number of nitro benzene ring substituents is 1. The van der Waals surface area contributed by atoms with Crippen molar-refractivity contribution in [2.24, 2.45) is 0 Å². The number of carbonyl (C=O) groups is 1. The molecule has 8 nitrogen and oxygen atoms in total. The van der Waals surface area contributed by atoms with Gasteiger partial charge in [-0.25, -0.2) is 4.98 Å². The zero-order valence-corrected chi connectivity index (χ0v) is 21.9. The van der Waals surface area contributed by atoms with E-state index in [0.29, 0.717) is 27.1 Å². The number of amides is 1. The molecule has 0 aliphatic rings. The van der Waals surface area contributed by atoms with Crippen molar-refractivity contribution in [3.05, 3.63) is 87.0 Å². The molecule has 0 saturated heterocycles. The number of benzene rings is 3. The van der Waals surface area contributed by atoms with Crippen LogP contribution in [0, 0.1) is 35.3 Å². The van der Waals surface area contributed by atoms with Crippen LogP contribution in [0.3, 0.4) is 0 Å². The average molecular weight is 531 g/mol. The van der Waals surface area contributed by atoms with Crippen LogP contribution in [-0.2, 0) is 4.79 Å². The molecule has 1 aromatic heterocycles. The first-order chi connectivity index (χ1) is 17.7. The van der Waals surface area contributed by atoms with Crippen LogP contribution in [0.1, 0.15) is 23.6 Å². The molecular weight excluding hydrogens is 508 g/mol. The number of anilines is 1. The predicted octanol–water partition coefficient (Wildman–Crippen LogP) is 6.92. The third kappa shape index (κ3) is 6.33. The number of thiazole rings is 1. The molecule has 4 rings (SSSR count). The van der Waals surface area contributed by atoms with Gasteiger partial charge < -0.3 is 10.1 Å². The number of aromatic nitrogens is 1. The highest BCUT2D eigenvalue weighted by Gasteiger charge is 2.19. The van der Waals surface area contributed by atoms with E-state index in [2.05, 4.69) is 10.3 Å². The SMILES string of the molecule is CCOc1ccc2nc(Sc3ccc(/C=C(\C#N)C(=O)Nc4cc(C)cc(C)c4)cc3[N+](=O)[O-])sc2c1. The highest BCUT2D eigenvalue weighted by Crippen LogP contribution is 2.40. The van der Waals surface area contributed by atoms with E-state index in [9.17, 15) is 20.2 Å². The third-order valence-corrected chi connectivity index (χ3v) is 7.33. The van der Waals surface area contributed by atoms with Crippen LogP contribution in [0.4, 0.5) is 11.4 Å². The number of nitro groups is 1. The van der Waals surface area contributed by atoms with Gasteiger partial charge in [0.15, 0.2) is 4.34 Å². The van der Waals surface area contributed by atoms with Gasteiger partial charge in [0.2, 0.25) is 0 Å². The molecule has 1 heterocycles. The maximum absolute atomic E-state index is 12.7. The summed E-state index contributed by atoms with van der Waals surface area (Å²) < 4.78 is 7.11. The third-order valence-electron chi connectivity index (χ3n) is 5.18. The molecule has 0 bridgehead atoms. The number of rotatable bonds is 8. The summed E-state index contributed by atoms with van der Waals surface area (Å²) in [4.78, 5) is 29.0. The van der Waals surface area contributed by atoms with E-state index < -0.39 is 10.8 Å². The molecule has 0 atom stereocenters. The number of hydrogen-bond donors (Lipinski definition) is 1. The van der Waals surface area contributed by atoms with E-state index in [1.807, 2.05) is 51.1 Å². The zero-order chi connectivity index (χ0) is 26.5. The summed E-state index contributed by atoms with van der Waals surface area (Å²) in [5.41, 5.74) is 3.38. The van der Waals surface area contributed by atoms with Crippen molar-refractivity contribution in [3.63, 3.8) is 0 Å². The number of hydrogen-bond acceptors (Lipinski definition) is 8. The lowest BCUT2D eigenvalue weighted by molar-refractivity contribution is -0.387. The fraction of sp³-hybridized carbons (Fsp3) is 0.148. The lowest BCUT2D eigenvalue weighted by Crippen LogP contribution is -2.13. The minimum atomic E-state index is -0.588. The molecule has 0 aliphatic heterocycles. The fourth-order valence-electron chi connectivity index (χ4n) is 3.69. The Morgan fingerprint density at radius 1 is 1.19 bits per heavy atom. The summed E-state index contributed by atoms with van der Waals surface area (Å²) in [7, 11) is 0. The zero-order valence-electron chi connectivity index (χ0n) is 20.3. The Morgan fingerprint density at radius 3 is 2.62 bits per heavy atom. The van der Waals surface area contributed by atoms with Gasteiger partial charge in [-0.05, 0) is 79.9 Å². The first-order valence-corrected chi connectivity index (χ1v) is 12.9. The van der Waals surface area contributed by atoms with Gasteiger partial charge in [0.25, 0.3) is 11.6 Å². The van der Waals surface area contributed by atoms with Gasteiger partial charge in [0.1, 0.15) is 17.4 Å². The monoisotopic (exact) mass is 530 g/mol. The molecule has 3 aromatic carbocycles. The van der Waals surface area contributed by atoms with Crippen molar-refractivity contribution < 1.29 is 14.5 Å². The van der Waals surface area contributed by atoms with Gasteiger partial charge in [-0.3, -0.25) is 14.9 Å². The molecule has 10 heteroatoms. The number of carbonyl (C=O) groups excluding carboxylic acids is 1. The smallest absolute Gasteiger partial charge is 0.283 e. The normalized spacial score (nSPS) is 11.2. The molecule has 0 fully saturated rings. The number of aryl methyl sites for hydroxylation is 2.